The number of carbonyl (C=O) groups excluding carboxylic acids is 2. The van der Waals surface area contributed by atoms with Crippen LogP contribution in [0.1, 0.15) is 31.7 Å². The molecule has 5 nitrogen and oxygen atoms in total. The molecule has 1 aromatic heterocycles. The van der Waals surface area contributed by atoms with Crippen molar-refractivity contribution < 1.29 is 14.3 Å². The van der Waals surface area contributed by atoms with Gasteiger partial charge in [-0.3, -0.25) is 9.59 Å². The number of nitrogens with zero attached hydrogens (tertiary/aromatic N) is 2. The Morgan fingerprint density at radius 3 is 2.87 bits per heavy atom. The number of hydrogen-bond donors (Lipinski definition) is 0. The first kappa shape index (κ1) is 20.9. The lowest BCUT2D eigenvalue weighted by Gasteiger charge is -2.31. The molecule has 0 N–H and O–H groups in total. The van der Waals surface area contributed by atoms with Crippen LogP contribution < -0.4 is 4.90 Å². The molecule has 1 amide bonds. The quantitative estimate of drug-likeness (QED) is 0.291. The minimum Gasteiger partial charge on any atom is -0.453 e. The number of aryl methyl sites for hydroxylation is 1. The summed E-state index contributed by atoms with van der Waals surface area (Å²) in [5, 5.41) is 0. The summed E-state index contributed by atoms with van der Waals surface area (Å²) >= 11 is 3.32. The lowest BCUT2D eigenvalue weighted by molar-refractivity contribution is -0.153. The topological polar surface area (TPSA) is 59.5 Å². The number of ether oxygens (including phenoxy) is 1. The second-order valence-corrected chi connectivity index (χ2v) is 9.63. The van der Waals surface area contributed by atoms with Crippen LogP contribution >= 0.6 is 23.1 Å². The van der Waals surface area contributed by atoms with E-state index in [0.29, 0.717) is 19.4 Å². The first-order valence-electron chi connectivity index (χ1n) is 10.2. The SMILES string of the molecule is C[C@H](OC(=O)CCCSc1nc2ccccc2s1)C(=O)N1CCCc2ccccc21. The standard InChI is InChI=1S/C23H24N2O3S2/c1-16(22(27)25-14-6-9-17-8-2-4-11-19(17)25)28-21(26)13-7-15-29-23-24-18-10-3-5-12-20(18)30-23/h2-5,8,10-12,16H,6-7,9,13-15H2,1H3/t16-/m0/s1. The van der Waals surface area contributed by atoms with Crippen molar-refractivity contribution in [1.82, 2.24) is 4.98 Å². The molecule has 0 spiro atoms. The molecule has 1 aliphatic rings. The molecule has 0 bridgehead atoms. The van der Waals surface area contributed by atoms with E-state index in [-0.39, 0.29) is 11.9 Å². The van der Waals surface area contributed by atoms with Crippen molar-refractivity contribution in [3.05, 3.63) is 54.1 Å². The third kappa shape index (κ3) is 4.84. The minimum atomic E-state index is -0.777. The van der Waals surface area contributed by atoms with Crippen molar-refractivity contribution >= 4 is 50.9 Å². The molecule has 0 saturated carbocycles. The zero-order chi connectivity index (χ0) is 20.9. The van der Waals surface area contributed by atoms with Crippen LogP contribution in [0.5, 0.6) is 0 Å². The lowest BCUT2D eigenvalue weighted by Crippen LogP contribution is -2.42. The van der Waals surface area contributed by atoms with Crippen LogP contribution in [0.15, 0.2) is 52.9 Å². The fourth-order valence-corrected chi connectivity index (χ4v) is 5.66. The third-order valence-electron chi connectivity index (χ3n) is 5.06. The van der Waals surface area contributed by atoms with Crippen molar-refractivity contribution in [3.63, 3.8) is 0 Å². The molecular formula is C23H24N2O3S2. The van der Waals surface area contributed by atoms with Crippen LogP contribution in [-0.4, -0.2) is 35.3 Å². The van der Waals surface area contributed by atoms with Gasteiger partial charge in [0.25, 0.3) is 5.91 Å². The number of thiazole rings is 1. The number of anilines is 1. The number of fused-ring (bicyclic) bond motifs is 2. The highest BCUT2D eigenvalue weighted by Crippen LogP contribution is 2.30. The number of para-hydroxylation sites is 2. The van der Waals surface area contributed by atoms with E-state index in [1.165, 1.54) is 10.3 Å². The van der Waals surface area contributed by atoms with Gasteiger partial charge in [-0.05, 0) is 49.9 Å². The van der Waals surface area contributed by atoms with Crippen molar-refractivity contribution in [1.29, 1.82) is 0 Å². The summed E-state index contributed by atoms with van der Waals surface area (Å²) in [5.74, 6) is 0.307. The highest BCUT2D eigenvalue weighted by atomic mass is 32.2. The van der Waals surface area contributed by atoms with Gasteiger partial charge in [-0.1, -0.05) is 42.1 Å². The highest BCUT2D eigenvalue weighted by Gasteiger charge is 2.28. The first-order chi connectivity index (χ1) is 14.6. The van der Waals surface area contributed by atoms with Crippen LogP contribution in [-0.2, 0) is 20.7 Å². The molecule has 0 saturated heterocycles. The summed E-state index contributed by atoms with van der Waals surface area (Å²) < 4.78 is 7.61. The summed E-state index contributed by atoms with van der Waals surface area (Å²) in [7, 11) is 0. The second kappa shape index (κ2) is 9.62. The fraction of sp³-hybridized carbons (Fsp3) is 0.348. The highest BCUT2D eigenvalue weighted by molar-refractivity contribution is 8.01. The number of amides is 1. The second-order valence-electron chi connectivity index (χ2n) is 7.25. The summed E-state index contributed by atoms with van der Waals surface area (Å²) in [6.45, 7) is 2.32. The van der Waals surface area contributed by atoms with Crippen LogP contribution in [0, 0.1) is 0 Å². The van der Waals surface area contributed by atoms with Gasteiger partial charge in [0, 0.05) is 24.4 Å². The Morgan fingerprint density at radius 2 is 2.00 bits per heavy atom. The Bertz CT molecular complexity index is 1020. The maximum absolute atomic E-state index is 12.8. The van der Waals surface area contributed by atoms with E-state index in [4.69, 9.17) is 4.74 Å². The van der Waals surface area contributed by atoms with E-state index in [1.807, 2.05) is 36.4 Å². The van der Waals surface area contributed by atoms with Gasteiger partial charge in [0.05, 0.1) is 10.2 Å². The Hall–Kier alpha value is -2.38. The molecule has 30 heavy (non-hydrogen) atoms. The van der Waals surface area contributed by atoms with E-state index < -0.39 is 6.10 Å². The largest absolute Gasteiger partial charge is 0.453 e. The summed E-state index contributed by atoms with van der Waals surface area (Å²) in [6.07, 6.45) is 2.10. The van der Waals surface area contributed by atoms with Gasteiger partial charge in [0.2, 0.25) is 0 Å². The van der Waals surface area contributed by atoms with Gasteiger partial charge >= 0.3 is 5.97 Å². The lowest BCUT2D eigenvalue weighted by atomic mass is 10.0. The monoisotopic (exact) mass is 440 g/mol. The first-order valence-corrected chi connectivity index (χ1v) is 12.0. The Labute approximate surface area is 184 Å². The fourth-order valence-electron chi connectivity index (χ4n) is 3.58. The summed E-state index contributed by atoms with van der Waals surface area (Å²) in [5.41, 5.74) is 3.11. The average Bonchev–Trinajstić information content (AvgIpc) is 3.18. The molecule has 2 aromatic carbocycles. The summed E-state index contributed by atoms with van der Waals surface area (Å²) in [6, 6.07) is 16.0. The molecule has 3 aromatic rings. The van der Waals surface area contributed by atoms with E-state index in [1.54, 1.807) is 34.9 Å². The average molecular weight is 441 g/mol. The van der Waals surface area contributed by atoms with E-state index in [0.717, 1.165) is 34.1 Å². The zero-order valence-corrected chi connectivity index (χ0v) is 18.5. The zero-order valence-electron chi connectivity index (χ0n) is 16.9. The minimum absolute atomic E-state index is 0.153. The van der Waals surface area contributed by atoms with Crippen molar-refractivity contribution in [2.75, 3.05) is 17.2 Å². The Balaban J connectivity index is 1.23. The number of aromatic nitrogens is 1. The summed E-state index contributed by atoms with van der Waals surface area (Å²) in [4.78, 5) is 31.4. The maximum atomic E-state index is 12.8. The van der Waals surface area contributed by atoms with Crippen molar-refractivity contribution in [2.45, 2.75) is 43.1 Å². The van der Waals surface area contributed by atoms with Crippen LogP contribution in [0.3, 0.4) is 0 Å². The number of carbonyl (C=O) groups is 2. The molecule has 2 heterocycles. The Morgan fingerprint density at radius 1 is 1.20 bits per heavy atom. The molecule has 0 unspecified atom stereocenters. The number of esters is 1. The predicted octanol–water partition coefficient (Wildman–Crippen LogP) is 5.08. The van der Waals surface area contributed by atoms with Gasteiger partial charge in [-0.2, -0.15) is 0 Å². The van der Waals surface area contributed by atoms with E-state index in [9.17, 15) is 9.59 Å². The molecule has 0 aliphatic carbocycles. The molecular weight excluding hydrogens is 416 g/mol. The number of hydrogen-bond acceptors (Lipinski definition) is 6. The van der Waals surface area contributed by atoms with Gasteiger partial charge in [0.1, 0.15) is 0 Å². The Kier molecular flexibility index (Phi) is 6.69. The third-order valence-corrected chi connectivity index (χ3v) is 7.32. The molecule has 7 heteroatoms. The molecule has 4 rings (SSSR count). The van der Waals surface area contributed by atoms with Gasteiger partial charge in [0.15, 0.2) is 10.4 Å². The number of thioether (sulfide) groups is 1. The number of benzene rings is 2. The van der Waals surface area contributed by atoms with Crippen molar-refractivity contribution in [3.8, 4) is 0 Å². The molecule has 156 valence electrons. The van der Waals surface area contributed by atoms with Crippen LogP contribution in [0.2, 0.25) is 0 Å². The molecule has 1 aliphatic heterocycles. The smallest absolute Gasteiger partial charge is 0.306 e. The number of rotatable bonds is 7. The van der Waals surface area contributed by atoms with Gasteiger partial charge in [-0.25, -0.2) is 4.98 Å². The molecule has 0 radical (unpaired) electrons. The normalized spacial score (nSPS) is 14.4. The van der Waals surface area contributed by atoms with Crippen LogP contribution in [0.4, 0.5) is 5.69 Å². The predicted molar refractivity (Wildman–Crippen MR) is 122 cm³/mol. The van der Waals surface area contributed by atoms with E-state index >= 15 is 0 Å². The van der Waals surface area contributed by atoms with Crippen molar-refractivity contribution in [2.24, 2.45) is 0 Å². The molecule has 1 atom stereocenters. The molecule has 0 fully saturated rings. The maximum Gasteiger partial charge on any atom is 0.306 e. The van der Waals surface area contributed by atoms with Gasteiger partial charge < -0.3 is 9.64 Å². The van der Waals surface area contributed by atoms with Crippen LogP contribution in [0.25, 0.3) is 10.2 Å². The van der Waals surface area contributed by atoms with E-state index in [2.05, 4.69) is 17.1 Å². The van der Waals surface area contributed by atoms with Gasteiger partial charge in [-0.15, -0.1) is 11.3 Å².